The van der Waals surface area contributed by atoms with Gasteiger partial charge in [0.1, 0.15) is 10.9 Å². The molecule has 5 aromatic rings. The monoisotopic (exact) mass is 626 g/mol. The SMILES string of the molecule is CC(C)c1ccc(/C=C(\NC(=O)c2ccccc2)C(=O)Nc2ccc(SC(C(=O)Nc3ccncc3)c3ccccc3)cc2)cc1. The van der Waals surface area contributed by atoms with Gasteiger partial charge in [0.2, 0.25) is 5.91 Å². The van der Waals surface area contributed by atoms with Crippen LogP contribution >= 0.6 is 11.8 Å². The number of nitrogens with zero attached hydrogens (tertiary/aromatic N) is 1. The molecule has 1 aromatic heterocycles. The van der Waals surface area contributed by atoms with E-state index >= 15 is 0 Å². The maximum absolute atomic E-state index is 13.5. The highest BCUT2D eigenvalue weighted by Crippen LogP contribution is 2.36. The van der Waals surface area contributed by atoms with Crippen molar-refractivity contribution < 1.29 is 14.4 Å². The number of nitrogens with one attached hydrogen (secondary N) is 3. The van der Waals surface area contributed by atoms with E-state index in [9.17, 15) is 14.4 Å². The summed E-state index contributed by atoms with van der Waals surface area (Å²) in [6.07, 6.45) is 4.92. The number of amides is 3. The molecule has 3 amide bonds. The Morgan fingerprint density at radius 3 is 1.91 bits per heavy atom. The molecule has 46 heavy (non-hydrogen) atoms. The molecule has 8 heteroatoms. The van der Waals surface area contributed by atoms with Crippen molar-refractivity contribution in [1.82, 2.24) is 10.3 Å². The number of hydrogen-bond acceptors (Lipinski definition) is 5. The van der Waals surface area contributed by atoms with E-state index in [1.54, 1.807) is 67.0 Å². The topological polar surface area (TPSA) is 100 Å². The van der Waals surface area contributed by atoms with Gasteiger partial charge in [-0.3, -0.25) is 19.4 Å². The van der Waals surface area contributed by atoms with Crippen molar-refractivity contribution in [2.75, 3.05) is 10.6 Å². The Bertz CT molecular complexity index is 1790. The fraction of sp³-hybridized carbons (Fsp3) is 0.105. The van der Waals surface area contributed by atoms with Crippen LogP contribution in [0.4, 0.5) is 11.4 Å². The van der Waals surface area contributed by atoms with E-state index in [-0.39, 0.29) is 17.5 Å². The Hall–Kier alpha value is -5.47. The van der Waals surface area contributed by atoms with Crippen molar-refractivity contribution in [3.05, 3.63) is 162 Å². The molecule has 0 aliphatic heterocycles. The molecule has 3 N–H and O–H groups in total. The van der Waals surface area contributed by atoms with Gasteiger partial charge < -0.3 is 16.0 Å². The summed E-state index contributed by atoms with van der Waals surface area (Å²) in [5.41, 5.74) is 4.59. The minimum absolute atomic E-state index is 0.113. The molecule has 0 fully saturated rings. The highest BCUT2D eigenvalue weighted by atomic mass is 32.2. The Kier molecular flexibility index (Phi) is 10.8. The van der Waals surface area contributed by atoms with Crippen molar-refractivity contribution in [2.45, 2.75) is 29.9 Å². The average molecular weight is 627 g/mol. The third kappa shape index (κ3) is 8.80. The molecule has 7 nitrogen and oxygen atoms in total. The summed E-state index contributed by atoms with van der Waals surface area (Å²) in [6, 6.07) is 37.0. The van der Waals surface area contributed by atoms with Crippen molar-refractivity contribution in [1.29, 1.82) is 0 Å². The van der Waals surface area contributed by atoms with Gasteiger partial charge in [0.25, 0.3) is 11.8 Å². The summed E-state index contributed by atoms with van der Waals surface area (Å²) >= 11 is 1.41. The van der Waals surface area contributed by atoms with Gasteiger partial charge in [-0.1, -0.05) is 86.6 Å². The molecule has 0 radical (unpaired) electrons. The predicted octanol–water partition coefficient (Wildman–Crippen LogP) is 8.09. The molecule has 4 aromatic carbocycles. The van der Waals surface area contributed by atoms with Gasteiger partial charge in [-0.25, -0.2) is 0 Å². The van der Waals surface area contributed by atoms with E-state index in [2.05, 4.69) is 34.8 Å². The quantitative estimate of drug-likeness (QED) is 0.102. The van der Waals surface area contributed by atoms with Crippen LogP contribution in [0.3, 0.4) is 0 Å². The predicted molar refractivity (Wildman–Crippen MR) is 185 cm³/mol. The van der Waals surface area contributed by atoms with E-state index in [1.165, 1.54) is 17.3 Å². The van der Waals surface area contributed by atoms with E-state index in [4.69, 9.17) is 0 Å². The lowest BCUT2D eigenvalue weighted by atomic mass is 10.0. The zero-order valence-electron chi connectivity index (χ0n) is 25.5. The Labute approximate surface area is 273 Å². The largest absolute Gasteiger partial charge is 0.325 e. The fourth-order valence-corrected chi connectivity index (χ4v) is 5.61. The molecular formula is C38H34N4O3S. The summed E-state index contributed by atoms with van der Waals surface area (Å²) < 4.78 is 0. The fourth-order valence-electron chi connectivity index (χ4n) is 4.58. The molecule has 5 rings (SSSR count). The van der Waals surface area contributed by atoms with Crippen LogP contribution < -0.4 is 16.0 Å². The molecule has 1 unspecified atom stereocenters. The van der Waals surface area contributed by atoms with Gasteiger partial charge in [-0.15, -0.1) is 11.8 Å². The third-order valence-electron chi connectivity index (χ3n) is 7.10. The van der Waals surface area contributed by atoms with E-state index in [1.807, 2.05) is 72.8 Å². The lowest BCUT2D eigenvalue weighted by molar-refractivity contribution is -0.116. The molecule has 1 atom stereocenters. The second-order valence-electron chi connectivity index (χ2n) is 10.8. The first-order valence-corrected chi connectivity index (χ1v) is 15.8. The van der Waals surface area contributed by atoms with Crippen LogP contribution in [0.5, 0.6) is 0 Å². The normalized spacial score (nSPS) is 11.8. The number of hydrogen-bond donors (Lipinski definition) is 3. The first kappa shape index (κ1) is 31.9. The van der Waals surface area contributed by atoms with Gasteiger partial charge in [-0.2, -0.15) is 0 Å². The smallest absolute Gasteiger partial charge is 0.272 e. The van der Waals surface area contributed by atoms with Gasteiger partial charge in [-0.05, 0) is 77.2 Å². The van der Waals surface area contributed by atoms with Crippen LogP contribution in [-0.4, -0.2) is 22.7 Å². The molecule has 0 aliphatic carbocycles. The van der Waals surface area contributed by atoms with Gasteiger partial charge in [0.15, 0.2) is 0 Å². The number of carbonyl (C=O) groups is 3. The van der Waals surface area contributed by atoms with Gasteiger partial charge in [0.05, 0.1) is 0 Å². The van der Waals surface area contributed by atoms with Gasteiger partial charge >= 0.3 is 0 Å². The number of benzene rings is 4. The summed E-state index contributed by atoms with van der Waals surface area (Å²) in [5.74, 6) is -0.635. The zero-order valence-corrected chi connectivity index (χ0v) is 26.3. The maximum Gasteiger partial charge on any atom is 0.272 e. The van der Waals surface area contributed by atoms with E-state index < -0.39 is 11.2 Å². The molecule has 230 valence electrons. The minimum Gasteiger partial charge on any atom is -0.325 e. The number of thioether (sulfide) groups is 1. The van der Waals surface area contributed by atoms with Crippen LogP contribution in [0.25, 0.3) is 6.08 Å². The molecule has 1 heterocycles. The lowest BCUT2D eigenvalue weighted by Crippen LogP contribution is -2.30. The highest BCUT2D eigenvalue weighted by molar-refractivity contribution is 8.00. The number of anilines is 2. The summed E-state index contributed by atoms with van der Waals surface area (Å²) in [7, 11) is 0. The van der Waals surface area contributed by atoms with Crippen LogP contribution in [-0.2, 0) is 9.59 Å². The summed E-state index contributed by atoms with van der Waals surface area (Å²) in [6.45, 7) is 4.24. The maximum atomic E-state index is 13.5. The number of carbonyl (C=O) groups excluding carboxylic acids is 3. The first-order chi connectivity index (χ1) is 22.4. The average Bonchev–Trinajstić information content (AvgIpc) is 3.09. The molecular weight excluding hydrogens is 593 g/mol. The Balaban J connectivity index is 1.33. The summed E-state index contributed by atoms with van der Waals surface area (Å²) in [4.78, 5) is 44.7. The standard InChI is InChI=1S/C38H34N4O3S/c1-26(2)28-15-13-27(14-16-28)25-34(42-36(43)30-11-7-4-8-12-30)37(44)40-31-17-19-33(20-18-31)46-35(29-9-5-3-6-10-29)38(45)41-32-21-23-39-24-22-32/h3-26,35H,1-2H3,(H,40,44)(H,42,43)(H,39,41,45)/b34-25-. The van der Waals surface area contributed by atoms with Crippen LogP contribution in [0.1, 0.15) is 52.1 Å². The van der Waals surface area contributed by atoms with Crippen molar-refractivity contribution in [2.24, 2.45) is 0 Å². The summed E-state index contributed by atoms with van der Waals surface area (Å²) in [5, 5.41) is 8.14. The number of aromatic nitrogens is 1. The van der Waals surface area contributed by atoms with Crippen molar-refractivity contribution >= 4 is 46.9 Å². The molecule has 0 saturated carbocycles. The highest BCUT2D eigenvalue weighted by Gasteiger charge is 2.22. The van der Waals surface area contributed by atoms with Crippen LogP contribution in [0, 0.1) is 0 Å². The second kappa shape index (κ2) is 15.5. The molecule has 0 aliphatic rings. The van der Waals surface area contributed by atoms with E-state index in [0.717, 1.165) is 16.0 Å². The molecule has 0 saturated heterocycles. The number of rotatable bonds is 11. The minimum atomic E-state index is -0.514. The van der Waals surface area contributed by atoms with E-state index in [0.29, 0.717) is 22.9 Å². The zero-order chi connectivity index (χ0) is 32.3. The third-order valence-corrected chi connectivity index (χ3v) is 8.36. The molecule has 0 bridgehead atoms. The number of pyridine rings is 1. The van der Waals surface area contributed by atoms with Crippen molar-refractivity contribution in [3.63, 3.8) is 0 Å². The lowest BCUT2D eigenvalue weighted by Gasteiger charge is -2.17. The Morgan fingerprint density at radius 2 is 1.28 bits per heavy atom. The van der Waals surface area contributed by atoms with Crippen molar-refractivity contribution in [3.8, 4) is 0 Å². The molecule has 0 spiro atoms. The second-order valence-corrected chi connectivity index (χ2v) is 12.0. The van der Waals surface area contributed by atoms with Gasteiger partial charge in [0, 0.05) is 34.2 Å². The van der Waals surface area contributed by atoms with Crippen LogP contribution in [0.15, 0.2) is 144 Å². The first-order valence-electron chi connectivity index (χ1n) is 14.9. The van der Waals surface area contributed by atoms with Crippen LogP contribution in [0.2, 0.25) is 0 Å². The Morgan fingerprint density at radius 1 is 0.674 bits per heavy atom.